The van der Waals surface area contributed by atoms with Gasteiger partial charge < -0.3 is 11.1 Å². The highest BCUT2D eigenvalue weighted by atomic mass is 32.1. The first kappa shape index (κ1) is 16.4. The van der Waals surface area contributed by atoms with Gasteiger partial charge in [0.15, 0.2) is 0 Å². The molecule has 0 atom stereocenters. The Bertz CT molecular complexity index is 913. The lowest BCUT2D eigenvalue weighted by Gasteiger charge is -2.06. The zero-order valence-corrected chi connectivity index (χ0v) is 14.8. The number of hydrogen-bond acceptors (Lipinski definition) is 5. The number of nitrogens with zero attached hydrogens (tertiary/aromatic N) is 1. The first-order chi connectivity index (χ1) is 11.5. The molecule has 0 aliphatic carbocycles. The number of carbonyl (C=O) groups excluding carboxylic acids is 2. The van der Waals surface area contributed by atoms with Gasteiger partial charge in [-0.1, -0.05) is 30.3 Å². The Morgan fingerprint density at radius 3 is 2.46 bits per heavy atom. The van der Waals surface area contributed by atoms with Crippen LogP contribution in [-0.2, 0) is 0 Å². The Hall–Kier alpha value is -2.51. The average Bonchev–Trinajstić information content (AvgIpc) is 3.11. The summed E-state index contributed by atoms with van der Waals surface area (Å²) in [4.78, 5) is 30.0. The van der Waals surface area contributed by atoms with Crippen LogP contribution >= 0.6 is 22.7 Å². The molecule has 0 saturated heterocycles. The first-order valence-electron chi connectivity index (χ1n) is 7.19. The molecule has 3 rings (SSSR count). The van der Waals surface area contributed by atoms with Crippen LogP contribution in [-0.4, -0.2) is 16.8 Å². The molecule has 1 aromatic carbocycles. The van der Waals surface area contributed by atoms with Crippen molar-refractivity contribution in [1.82, 2.24) is 4.98 Å². The van der Waals surface area contributed by atoms with Crippen LogP contribution in [0.3, 0.4) is 0 Å². The number of aryl methyl sites for hydroxylation is 2. The normalized spacial score (nSPS) is 10.6. The van der Waals surface area contributed by atoms with Crippen molar-refractivity contribution in [2.45, 2.75) is 13.8 Å². The van der Waals surface area contributed by atoms with Gasteiger partial charge in [-0.2, -0.15) is 0 Å². The van der Waals surface area contributed by atoms with Crippen molar-refractivity contribution in [3.8, 4) is 11.1 Å². The molecule has 0 aliphatic heterocycles. The summed E-state index contributed by atoms with van der Waals surface area (Å²) in [6, 6.07) is 9.54. The third-order valence-corrected chi connectivity index (χ3v) is 5.52. The highest BCUT2D eigenvalue weighted by Crippen LogP contribution is 2.39. The minimum absolute atomic E-state index is 0.279. The minimum Gasteiger partial charge on any atom is -0.365 e. The van der Waals surface area contributed by atoms with Crippen LogP contribution in [0, 0.1) is 13.8 Å². The zero-order valence-electron chi connectivity index (χ0n) is 13.1. The third-order valence-electron chi connectivity index (χ3n) is 3.57. The molecular formula is C17H15N3O2S2. The van der Waals surface area contributed by atoms with Gasteiger partial charge in [-0.3, -0.25) is 9.59 Å². The number of primary amides is 1. The molecule has 0 unspecified atom stereocenters. The summed E-state index contributed by atoms with van der Waals surface area (Å²) >= 11 is 2.61. The summed E-state index contributed by atoms with van der Waals surface area (Å²) in [6.07, 6.45) is 0. The standard InChI is InChI=1S/C17H15N3O2S2/c1-9-14(23-8-19-9)16(22)20-17-13(15(18)21)12(10(2)24-17)11-6-4-3-5-7-11/h3-8H,1-2H3,(H2,18,21)(H,20,22). The molecule has 3 aromatic rings. The van der Waals surface area contributed by atoms with E-state index in [4.69, 9.17) is 5.73 Å². The van der Waals surface area contributed by atoms with Crippen molar-refractivity contribution in [2.75, 3.05) is 5.32 Å². The molecule has 0 saturated carbocycles. The van der Waals surface area contributed by atoms with E-state index in [9.17, 15) is 9.59 Å². The van der Waals surface area contributed by atoms with E-state index >= 15 is 0 Å². The van der Waals surface area contributed by atoms with E-state index in [1.165, 1.54) is 22.7 Å². The smallest absolute Gasteiger partial charge is 0.268 e. The second kappa shape index (κ2) is 6.54. The van der Waals surface area contributed by atoms with Crippen LogP contribution in [0.2, 0.25) is 0 Å². The van der Waals surface area contributed by atoms with Crippen LogP contribution in [0.5, 0.6) is 0 Å². The maximum Gasteiger partial charge on any atom is 0.268 e. The van der Waals surface area contributed by atoms with Crippen LogP contribution in [0.4, 0.5) is 5.00 Å². The lowest BCUT2D eigenvalue weighted by atomic mass is 10.0. The number of rotatable bonds is 4. The number of anilines is 1. The van der Waals surface area contributed by atoms with E-state index in [1.54, 1.807) is 12.4 Å². The Labute approximate surface area is 147 Å². The molecule has 2 aromatic heterocycles. The molecule has 0 fully saturated rings. The number of hydrogen-bond donors (Lipinski definition) is 2. The van der Waals surface area contributed by atoms with Gasteiger partial charge in [0.25, 0.3) is 11.8 Å². The second-order valence-electron chi connectivity index (χ2n) is 5.19. The van der Waals surface area contributed by atoms with Gasteiger partial charge in [0, 0.05) is 10.4 Å². The quantitative estimate of drug-likeness (QED) is 0.744. The molecule has 2 amide bonds. The summed E-state index contributed by atoms with van der Waals surface area (Å²) in [6.45, 7) is 3.68. The van der Waals surface area contributed by atoms with Crippen LogP contribution < -0.4 is 11.1 Å². The number of nitrogens with one attached hydrogen (secondary N) is 1. The van der Waals surface area contributed by atoms with Crippen LogP contribution in [0.1, 0.15) is 30.6 Å². The number of aromatic nitrogens is 1. The fourth-order valence-electron chi connectivity index (χ4n) is 2.50. The Balaban J connectivity index is 2.05. The van der Waals surface area contributed by atoms with Crippen molar-refractivity contribution in [2.24, 2.45) is 5.73 Å². The van der Waals surface area contributed by atoms with E-state index in [1.807, 2.05) is 37.3 Å². The molecule has 2 heterocycles. The summed E-state index contributed by atoms with van der Waals surface area (Å²) in [5.41, 5.74) is 9.89. The SMILES string of the molecule is Cc1ncsc1C(=O)Nc1sc(C)c(-c2ccccc2)c1C(N)=O. The molecule has 3 N–H and O–H groups in total. The molecule has 7 heteroatoms. The zero-order chi connectivity index (χ0) is 17.3. The van der Waals surface area contributed by atoms with Gasteiger partial charge in [0.1, 0.15) is 9.88 Å². The molecular weight excluding hydrogens is 342 g/mol. The minimum atomic E-state index is -0.561. The Kier molecular flexibility index (Phi) is 4.46. The largest absolute Gasteiger partial charge is 0.365 e. The molecule has 0 aliphatic rings. The molecule has 0 bridgehead atoms. The Morgan fingerprint density at radius 2 is 1.88 bits per heavy atom. The van der Waals surface area contributed by atoms with Gasteiger partial charge >= 0.3 is 0 Å². The first-order valence-corrected chi connectivity index (χ1v) is 8.88. The molecule has 122 valence electrons. The maximum absolute atomic E-state index is 12.4. The highest BCUT2D eigenvalue weighted by molar-refractivity contribution is 7.17. The molecule has 0 spiro atoms. The lowest BCUT2D eigenvalue weighted by Crippen LogP contribution is -2.17. The second-order valence-corrected chi connectivity index (χ2v) is 7.27. The van der Waals surface area contributed by atoms with Crippen molar-refractivity contribution in [3.63, 3.8) is 0 Å². The van der Waals surface area contributed by atoms with Gasteiger partial charge in [-0.25, -0.2) is 4.98 Å². The molecule has 0 radical (unpaired) electrons. The highest BCUT2D eigenvalue weighted by Gasteiger charge is 2.23. The predicted molar refractivity (Wildman–Crippen MR) is 97.8 cm³/mol. The number of nitrogens with two attached hydrogens (primary N) is 1. The summed E-state index contributed by atoms with van der Waals surface area (Å²) in [7, 11) is 0. The average molecular weight is 357 g/mol. The number of thiophene rings is 1. The number of carbonyl (C=O) groups is 2. The van der Waals surface area contributed by atoms with E-state index in [0.717, 1.165) is 16.0 Å². The van der Waals surface area contributed by atoms with Crippen LogP contribution in [0.15, 0.2) is 35.8 Å². The van der Waals surface area contributed by atoms with E-state index in [0.29, 0.717) is 21.1 Å². The number of amides is 2. The van der Waals surface area contributed by atoms with Crippen LogP contribution in [0.25, 0.3) is 11.1 Å². The van der Waals surface area contributed by atoms with Gasteiger partial charge in [-0.05, 0) is 19.4 Å². The summed E-state index contributed by atoms with van der Waals surface area (Å²) in [5.74, 6) is -0.840. The number of benzene rings is 1. The maximum atomic E-state index is 12.4. The summed E-state index contributed by atoms with van der Waals surface area (Å²) in [5, 5.41) is 3.28. The topological polar surface area (TPSA) is 85.1 Å². The van der Waals surface area contributed by atoms with Gasteiger partial charge in [0.2, 0.25) is 0 Å². The lowest BCUT2D eigenvalue weighted by molar-refractivity contribution is 0.100. The Morgan fingerprint density at radius 1 is 1.17 bits per heavy atom. The van der Waals surface area contributed by atoms with Crippen molar-refractivity contribution >= 4 is 39.5 Å². The predicted octanol–water partition coefficient (Wildman–Crippen LogP) is 3.84. The molecule has 24 heavy (non-hydrogen) atoms. The monoisotopic (exact) mass is 357 g/mol. The van der Waals surface area contributed by atoms with Crippen molar-refractivity contribution in [1.29, 1.82) is 0 Å². The van der Waals surface area contributed by atoms with E-state index < -0.39 is 5.91 Å². The molecule has 5 nitrogen and oxygen atoms in total. The number of thiazole rings is 1. The fraction of sp³-hybridized carbons (Fsp3) is 0.118. The van der Waals surface area contributed by atoms with E-state index in [2.05, 4.69) is 10.3 Å². The van der Waals surface area contributed by atoms with Crippen molar-refractivity contribution in [3.05, 3.63) is 56.9 Å². The van der Waals surface area contributed by atoms with Crippen molar-refractivity contribution < 1.29 is 9.59 Å². The van der Waals surface area contributed by atoms with Gasteiger partial charge in [0.05, 0.1) is 16.8 Å². The van der Waals surface area contributed by atoms with Gasteiger partial charge in [-0.15, -0.1) is 22.7 Å². The summed E-state index contributed by atoms with van der Waals surface area (Å²) < 4.78 is 0. The van der Waals surface area contributed by atoms with E-state index in [-0.39, 0.29) is 5.91 Å². The fourth-order valence-corrected chi connectivity index (χ4v) is 4.27. The third kappa shape index (κ3) is 2.95.